The molecule has 0 aromatic carbocycles. The number of unbranched alkanes of at least 4 members (excludes halogenated alkanes) is 20. The Labute approximate surface area is 192 Å². The molecule has 0 atom stereocenters. The maximum atomic E-state index is 11.2. The molecule has 4 heteroatoms. The third-order valence-electron chi connectivity index (χ3n) is 5.99. The van der Waals surface area contributed by atoms with E-state index in [0.717, 1.165) is 25.7 Å². The first-order valence-electron chi connectivity index (χ1n) is 13.2. The van der Waals surface area contributed by atoms with Crippen LogP contribution in [0.1, 0.15) is 148 Å². The van der Waals surface area contributed by atoms with Gasteiger partial charge in [-0.15, -0.1) is 0 Å². The van der Waals surface area contributed by atoms with Gasteiger partial charge in [-0.3, -0.25) is 9.59 Å². The van der Waals surface area contributed by atoms with Crippen molar-refractivity contribution in [3.05, 3.63) is 12.8 Å². The zero-order chi connectivity index (χ0) is 22.8. The Hall–Kier alpha value is -1.32. The summed E-state index contributed by atoms with van der Waals surface area (Å²) in [7, 11) is 0. The van der Waals surface area contributed by atoms with Crippen molar-refractivity contribution < 1.29 is 19.4 Å². The van der Waals surface area contributed by atoms with Gasteiger partial charge in [0, 0.05) is 12.8 Å². The molecule has 0 saturated carbocycles. The fraction of sp³-hybridized carbons (Fsp3) is 0.852. The van der Waals surface area contributed by atoms with Gasteiger partial charge in [-0.25, -0.2) is 0 Å². The number of carboxylic acid groups (broad SMARTS) is 1. The van der Waals surface area contributed by atoms with Crippen molar-refractivity contribution >= 4 is 11.9 Å². The lowest BCUT2D eigenvalue weighted by Gasteiger charge is -2.04. The minimum Gasteiger partial charge on any atom is -0.481 e. The Morgan fingerprint density at radius 1 is 0.516 bits per heavy atom. The minimum atomic E-state index is -0.662. The highest BCUT2D eigenvalue weighted by molar-refractivity contribution is 5.69. The number of hydrogen-bond donors (Lipinski definition) is 1. The average molecular weight is 439 g/mol. The van der Waals surface area contributed by atoms with Crippen LogP contribution >= 0.6 is 0 Å². The van der Waals surface area contributed by atoms with Crippen LogP contribution in [0.15, 0.2) is 12.8 Å². The fourth-order valence-electron chi connectivity index (χ4n) is 4.06. The minimum absolute atomic E-state index is 0.159. The van der Waals surface area contributed by atoms with Gasteiger partial charge in [-0.05, 0) is 12.8 Å². The van der Waals surface area contributed by atoms with E-state index in [1.54, 1.807) is 0 Å². The summed E-state index contributed by atoms with van der Waals surface area (Å²) < 4.78 is 4.71. The van der Waals surface area contributed by atoms with E-state index >= 15 is 0 Å². The predicted octanol–water partition coefficient (Wildman–Crippen LogP) is 8.73. The maximum Gasteiger partial charge on any atom is 0.310 e. The summed E-state index contributed by atoms with van der Waals surface area (Å²) in [6, 6.07) is 0. The molecule has 0 rings (SSSR count). The van der Waals surface area contributed by atoms with Gasteiger partial charge in [-0.1, -0.05) is 129 Å². The van der Waals surface area contributed by atoms with Crippen molar-refractivity contribution in [3.63, 3.8) is 0 Å². The number of rotatable bonds is 25. The van der Waals surface area contributed by atoms with Gasteiger partial charge in [0.25, 0.3) is 0 Å². The van der Waals surface area contributed by atoms with Crippen LogP contribution in [0.5, 0.6) is 0 Å². The monoisotopic (exact) mass is 438 g/mol. The summed E-state index contributed by atoms with van der Waals surface area (Å²) in [6.45, 7) is 3.39. The van der Waals surface area contributed by atoms with Crippen LogP contribution in [0, 0.1) is 0 Å². The quantitative estimate of drug-likeness (QED) is 0.0879. The molecule has 0 fully saturated rings. The fourth-order valence-corrected chi connectivity index (χ4v) is 4.06. The summed E-state index contributed by atoms with van der Waals surface area (Å²) >= 11 is 0. The molecule has 0 aromatic rings. The normalized spacial score (nSPS) is 10.8. The molecule has 0 aliphatic rings. The smallest absolute Gasteiger partial charge is 0.310 e. The first kappa shape index (κ1) is 29.7. The summed E-state index contributed by atoms with van der Waals surface area (Å²) in [4.78, 5) is 21.6. The lowest BCUT2D eigenvalue weighted by Crippen LogP contribution is -1.98. The summed E-state index contributed by atoms with van der Waals surface area (Å²) in [5.41, 5.74) is 0. The predicted molar refractivity (Wildman–Crippen MR) is 130 cm³/mol. The second kappa shape index (κ2) is 24.9. The molecule has 31 heavy (non-hydrogen) atoms. The number of carbonyl (C=O) groups is 2. The van der Waals surface area contributed by atoms with Crippen molar-refractivity contribution in [2.24, 2.45) is 0 Å². The van der Waals surface area contributed by atoms with E-state index in [9.17, 15) is 9.59 Å². The lowest BCUT2D eigenvalue weighted by atomic mass is 10.0. The molecule has 0 saturated heterocycles. The molecule has 0 unspecified atom stereocenters. The molecule has 0 radical (unpaired) electrons. The van der Waals surface area contributed by atoms with E-state index in [1.165, 1.54) is 115 Å². The van der Waals surface area contributed by atoms with Gasteiger partial charge in [0.1, 0.15) is 0 Å². The van der Waals surface area contributed by atoms with Crippen LogP contribution in [0.2, 0.25) is 0 Å². The van der Waals surface area contributed by atoms with Crippen LogP contribution in [0.3, 0.4) is 0 Å². The van der Waals surface area contributed by atoms with E-state index in [4.69, 9.17) is 9.84 Å². The van der Waals surface area contributed by atoms with E-state index in [-0.39, 0.29) is 5.97 Å². The van der Waals surface area contributed by atoms with E-state index in [2.05, 4.69) is 6.58 Å². The summed E-state index contributed by atoms with van der Waals surface area (Å²) in [5, 5.41) is 8.59. The van der Waals surface area contributed by atoms with Gasteiger partial charge >= 0.3 is 11.9 Å². The van der Waals surface area contributed by atoms with Crippen molar-refractivity contribution in [1.29, 1.82) is 0 Å². The molecule has 0 amide bonds. The van der Waals surface area contributed by atoms with E-state index < -0.39 is 5.97 Å². The highest BCUT2D eigenvalue weighted by Gasteiger charge is 2.00. The second-order valence-corrected chi connectivity index (χ2v) is 8.97. The second-order valence-electron chi connectivity index (χ2n) is 8.97. The van der Waals surface area contributed by atoms with Crippen LogP contribution < -0.4 is 0 Å². The number of aliphatic carboxylic acids is 1. The van der Waals surface area contributed by atoms with Gasteiger partial charge < -0.3 is 9.84 Å². The van der Waals surface area contributed by atoms with Gasteiger partial charge in [-0.2, -0.15) is 0 Å². The molecule has 4 nitrogen and oxygen atoms in total. The third kappa shape index (κ3) is 26.6. The molecule has 0 spiro atoms. The number of esters is 1. The highest BCUT2D eigenvalue weighted by atomic mass is 16.5. The molecule has 0 aliphatic heterocycles. The average Bonchev–Trinajstić information content (AvgIpc) is 2.74. The number of carbonyl (C=O) groups excluding carboxylic acids is 1. The van der Waals surface area contributed by atoms with Gasteiger partial charge in [0.05, 0.1) is 6.26 Å². The molecule has 0 aliphatic carbocycles. The Balaban J connectivity index is 3.06. The number of carboxylic acids is 1. The molecule has 1 N–H and O–H groups in total. The molecular weight excluding hydrogens is 388 g/mol. The summed E-state index contributed by atoms with van der Waals surface area (Å²) in [5.74, 6) is -0.821. The van der Waals surface area contributed by atoms with E-state index in [1.807, 2.05) is 0 Å². The maximum absolute atomic E-state index is 11.2. The van der Waals surface area contributed by atoms with Crippen LogP contribution in [-0.2, 0) is 14.3 Å². The lowest BCUT2D eigenvalue weighted by molar-refractivity contribution is -0.138. The van der Waals surface area contributed by atoms with Crippen LogP contribution in [-0.4, -0.2) is 17.0 Å². The van der Waals surface area contributed by atoms with Crippen molar-refractivity contribution in [2.75, 3.05) is 0 Å². The van der Waals surface area contributed by atoms with Crippen LogP contribution in [0.4, 0.5) is 0 Å². The Morgan fingerprint density at radius 3 is 1.03 bits per heavy atom. The van der Waals surface area contributed by atoms with Gasteiger partial charge in [0.2, 0.25) is 0 Å². The zero-order valence-corrected chi connectivity index (χ0v) is 20.2. The molecular formula is C27H50O4. The van der Waals surface area contributed by atoms with Crippen molar-refractivity contribution in [1.82, 2.24) is 0 Å². The number of hydrogen-bond acceptors (Lipinski definition) is 3. The molecule has 182 valence electrons. The van der Waals surface area contributed by atoms with Gasteiger partial charge in [0.15, 0.2) is 0 Å². The largest absolute Gasteiger partial charge is 0.481 e. The molecule has 0 heterocycles. The topological polar surface area (TPSA) is 63.6 Å². The SMILES string of the molecule is C=COC(=O)CCCCCCCCCCCCCCCCCCCCCCCC(=O)O. The van der Waals surface area contributed by atoms with Crippen LogP contribution in [0.25, 0.3) is 0 Å². The third-order valence-corrected chi connectivity index (χ3v) is 5.99. The highest BCUT2D eigenvalue weighted by Crippen LogP contribution is 2.15. The summed E-state index contributed by atoms with van der Waals surface area (Å²) in [6.07, 6.45) is 28.9. The first-order chi connectivity index (χ1) is 15.2. The van der Waals surface area contributed by atoms with Crippen molar-refractivity contribution in [3.8, 4) is 0 Å². The Kier molecular flexibility index (Phi) is 23.9. The number of ether oxygens (including phenoxy) is 1. The standard InChI is InChI=1S/C27H50O4/c1-2-31-27(30)25-23-21-19-17-15-13-11-9-7-5-3-4-6-8-10-12-14-16-18-20-22-24-26(28)29/h2H,1,3-25H2,(H,28,29). The Morgan fingerprint density at radius 2 is 0.774 bits per heavy atom. The molecule has 0 bridgehead atoms. The first-order valence-corrected chi connectivity index (χ1v) is 13.2. The van der Waals surface area contributed by atoms with E-state index in [0.29, 0.717) is 12.8 Å². The zero-order valence-electron chi connectivity index (χ0n) is 20.2. The molecule has 0 aromatic heterocycles. The Bertz CT molecular complexity index is 419. The van der Waals surface area contributed by atoms with Crippen molar-refractivity contribution in [2.45, 2.75) is 148 Å².